The van der Waals surface area contributed by atoms with E-state index >= 15 is 0 Å². The van der Waals surface area contributed by atoms with Crippen molar-refractivity contribution in [2.24, 2.45) is 0 Å². The average Bonchev–Trinajstić information content (AvgIpc) is 2.96. The third-order valence-corrected chi connectivity index (χ3v) is 5.85. The van der Waals surface area contributed by atoms with Crippen LogP contribution in [0.25, 0.3) is 0 Å². The number of benzene rings is 1. The molecule has 2 N–H and O–H groups in total. The quantitative estimate of drug-likeness (QED) is 0.733. The van der Waals surface area contributed by atoms with E-state index in [1.807, 2.05) is 37.3 Å². The first-order valence-electron chi connectivity index (χ1n) is 10.5. The van der Waals surface area contributed by atoms with Gasteiger partial charge in [0.1, 0.15) is 6.04 Å². The average molecular weight is 386 g/mol. The smallest absolute Gasteiger partial charge is 0.325 e. The van der Waals surface area contributed by atoms with Crippen molar-refractivity contribution in [3.63, 3.8) is 0 Å². The molecule has 2 atom stereocenters. The van der Waals surface area contributed by atoms with Gasteiger partial charge in [-0.05, 0) is 31.7 Å². The number of nitrogens with zero attached hydrogens (tertiary/aromatic N) is 1. The molecule has 0 unspecified atom stereocenters. The zero-order valence-corrected chi connectivity index (χ0v) is 16.7. The summed E-state index contributed by atoms with van der Waals surface area (Å²) in [6.07, 6.45) is 8.75. The van der Waals surface area contributed by atoms with Crippen LogP contribution in [0.4, 0.5) is 4.79 Å². The molecule has 3 rings (SSSR count). The number of urea groups is 1. The summed E-state index contributed by atoms with van der Waals surface area (Å²) in [5.41, 5.74) is 0.911. The van der Waals surface area contributed by atoms with Crippen LogP contribution < -0.4 is 10.6 Å². The lowest BCUT2D eigenvalue weighted by molar-refractivity contribution is -0.129. The first-order chi connectivity index (χ1) is 13.6. The number of nitrogens with one attached hydrogen (secondary N) is 2. The van der Waals surface area contributed by atoms with Crippen LogP contribution in [0.2, 0.25) is 0 Å². The van der Waals surface area contributed by atoms with Crippen LogP contribution in [0.1, 0.15) is 76.3 Å². The normalized spacial score (nSPS) is 22.3. The van der Waals surface area contributed by atoms with Gasteiger partial charge in [-0.15, -0.1) is 0 Å². The van der Waals surface area contributed by atoms with Gasteiger partial charge in [-0.1, -0.05) is 62.4 Å². The van der Waals surface area contributed by atoms with Crippen LogP contribution in [0.5, 0.6) is 0 Å². The Morgan fingerprint density at radius 2 is 1.75 bits per heavy atom. The molecule has 1 aromatic carbocycles. The Kier molecular flexibility index (Phi) is 7.06. The second-order valence-electron chi connectivity index (χ2n) is 7.95. The number of hydrogen-bond acceptors (Lipinski definition) is 3. The predicted molar refractivity (Wildman–Crippen MR) is 108 cm³/mol. The Bertz CT molecular complexity index is 684. The summed E-state index contributed by atoms with van der Waals surface area (Å²) in [6.45, 7) is 1.84. The van der Waals surface area contributed by atoms with E-state index in [0.717, 1.165) is 31.2 Å². The maximum absolute atomic E-state index is 12.7. The zero-order chi connectivity index (χ0) is 19.9. The summed E-state index contributed by atoms with van der Waals surface area (Å²) < 4.78 is 0. The van der Waals surface area contributed by atoms with Crippen molar-refractivity contribution < 1.29 is 14.4 Å². The lowest BCUT2D eigenvalue weighted by atomic mass is 9.96. The minimum absolute atomic E-state index is 0.0258. The molecule has 1 heterocycles. The lowest BCUT2D eigenvalue weighted by Gasteiger charge is -2.22. The highest BCUT2D eigenvalue weighted by atomic mass is 16.2. The molecule has 1 aromatic rings. The topological polar surface area (TPSA) is 78.5 Å². The van der Waals surface area contributed by atoms with Crippen LogP contribution in [0.3, 0.4) is 0 Å². The zero-order valence-electron chi connectivity index (χ0n) is 16.7. The fraction of sp³-hybridized carbons (Fsp3) is 0.591. The van der Waals surface area contributed by atoms with Gasteiger partial charge in [-0.25, -0.2) is 4.79 Å². The summed E-state index contributed by atoms with van der Waals surface area (Å²) in [7, 11) is 0. The lowest BCUT2D eigenvalue weighted by Crippen LogP contribution is -2.37. The van der Waals surface area contributed by atoms with Gasteiger partial charge in [0.05, 0.1) is 6.04 Å². The SMILES string of the molecule is C[C@H](c1ccccc1)N1C(=O)N[C@@H](CCC(=O)NC2CCCCCCC2)C1=O. The molecule has 152 valence electrons. The predicted octanol–water partition coefficient (Wildman–Crippen LogP) is 3.68. The highest BCUT2D eigenvalue weighted by Crippen LogP contribution is 2.25. The number of amides is 4. The van der Waals surface area contributed by atoms with Crippen LogP contribution in [0.15, 0.2) is 30.3 Å². The summed E-state index contributed by atoms with van der Waals surface area (Å²) in [5, 5.41) is 5.86. The third-order valence-electron chi connectivity index (χ3n) is 5.85. The Hall–Kier alpha value is -2.37. The number of imide groups is 1. The van der Waals surface area contributed by atoms with Crippen molar-refractivity contribution in [3.05, 3.63) is 35.9 Å². The van der Waals surface area contributed by atoms with Gasteiger partial charge < -0.3 is 10.6 Å². The van der Waals surface area contributed by atoms with E-state index in [1.165, 1.54) is 24.2 Å². The molecule has 0 radical (unpaired) electrons. The molecule has 0 bridgehead atoms. The first-order valence-corrected chi connectivity index (χ1v) is 10.5. The molecule has 28 heavy (non-hydrogen) atoms. The van der Waals surface area contributed by atoms with Gasteiger partial charge in [0.15, 0.2) is 0 Å². The summed E-state index contributed by atoms with van der Waals surface area (Å²) in [4.78, 5) is 38.7. The van der Waals surface area contributed by atoms with E-state index in [-0.39, 0.29) is 36.3 Å². The van der Waals surface area contributed by atoms with Gasteiger partial charge in [0, 0.05) is 12.5 Å². The van der Waals surface area contributed by atoms with Crippen LogP contribution in [0, 0.1) is 0 Å². The highest BCUT2D eigenvalue weighted by Gasteiger charge is 2.40. The summed E-state index contributed by atoms with van der Waals surface area (Å²) >= 11 is 0. The maximum atomic E-state index is 12.7. The van der Waals surface area contributed by atoms with E-state index in [0.29, 0.717) is 6.42 Å². The second-order valence-corrected chi connectivity index (χ2v) is 7.95. The molecule has 1 aliphatic carbocycles. The second kappa shape index (κ2) is 9.71. The number of rotatable bonds is 6. The molecule has 0 aromatic heterocycles. The molecule has 1 saturated carbocycles. The number of carbonyl (C=O) groups is 3. The van der Waals surface area contributed by atoms with Crippen molar-refractivity contribution in [1.29, 1.82) is 0 Å². The summed E-state index contributed by atoms with van der Waals surface area (Å²) in [5.74, 6) is -0.276. The van der Waals surface area contributed by atoms with Crippen molar-refractivity contribution in [2.75, 3.05) is 0 Å². The number of hydrogen-bond donors (Lipinski definition) is 2. The highest BCUT2D eigenvalue weighted by molar-refractivity contribution is 6.04. The van der Waals surface area contributed by atoms with E-state index in [9.17, 15) is 14.4 Å². The van der Waals surface area contributed by atoms with Gasteiger partial charge in [0.2, 0.25) is 5.91 Å². The third kappa shape index (κ3) is 5.12. The molecule has 2 fully saturated rings. The molecule has 2 aliphatic rings. The Labute approximate surface area is 167 Å². The Morgan fingerprint density at radius 3 is 2.43 bits per heavy atom. The van der Waals surface area contributed by atoms with Crippen molar-refractivity contribution in [3.8, 4) is 0 Å². The fourth-order valence-corrected chi connectivity index (χ4v) is 4.17. The maximum Gasteiger partial charge on any atom is 0.325 e. The van der Waals surface area contributed by atoms with Crippen molar-refractivity contribution in [1.82, 2.24) is 15.5 Å². The van der Waals surface area contributed by atoms with Crippen LogP contribution >= 0.6 is 0 Å². The Morgan fingerprint density at radius 1 is 1.11 bits per heavy atom. The van der Waals surface area contributed by atoms with Crippen LogP contribution in [-0.4, -0.2) is 34.8 Å². The summed E-state index contributed by atoms with van der Waals surface area (Å²) in [6, 6.07) is 8.40. The fourth-order valence-electron chi connectivity index (χ4n) is 4.17. The van der Waals surface area contributed by atoms with Gasteiger partial charge >= 0.3 is 6.03 Å². The molecular weight excluding hydrogens is 354 g/mol. The van der Waals surface area contributed by atoms with Gasteiger partial charge in [-0.3, -0.25) is 14.5 Å². The van der Waals surface area contributed by atoms with Crippen molar-refractivity contribution >= 4 is 17.8 Å². The van der Waals surface area contributed by atoms with Crippen LogP contribution in [-0.2, 0) is 9.59 Å². The minimum Gasteiger partial charge on any atom is -0.353 e. The van der Waals surface area contributed by atoms with E-state index in [4.69, 9.17) is 0 Å². The van der Waals surface area contributed by atoms with Crippen molar-refractivity contribution in [2.45, 2.75) is 82.8 Å². The van der Waals surface area contributed by atoms with E-state index in [1.54, 1.807) is 0 Å². The molecule has 6 nitrogen and oxygen atoms in total. The molecule has 1 saturated heterocycles. The molecule has 6 heteroatoms. The largest absolute Gasteiger partial charge is 0.353 e. The molecule has 4 amide bonds. The van der Waals surface area contributed by atoms with Gasteiger partial charge in [-0.2, -0.15) is 0 Å². The molecule has 1 aliphatic heterocycles. The van der Waals surface area contributed by atoms with Gasteiger partial charge in [0.25, 0.3) is 5.91 Å². The Balaban J connectivity index is 1.50. The minimum atomic E-state index is -0.623. The molecular formula is C22H31N3O3. The van der Waals surface area contributed by atoms with E-state index < -0.39 is 6.04 Å². The monoisotopic (exact) mass is 385 g/mol. The number of carbonyl (C=O) groups excluding carboxylic acids is 3. The first kappa shape index (κ1) is 20.4. The molecule has 0 spiro atoms. The standard InChI is InChI=1S/C22H31N3O3/c1-16(17-10-6-5-7-11-17)25-21(27)19(24-22(25)28)14-15-20(26)23-18-12-8-3-2-4-9-13-18/h5-7,10-11,16,18-19H,2-4,8-9,12-15H2,1H3,(H,23,26)(H,24,28)/t16-,19+/m1/s1. The van der Waals surface area contributed by atoms with E-state index in [2.05, 4.69) is 10.6 Å².